The maximum absolute atomic E-state index is 14.9. The number of carboxylic acid groups (broad SMARTS) is 1. The molecular weight excluding hydrogens is 486 g/mol. The first-order valence-electron chi connectivity index (χ1n) is 11.3. The summed E-state index contributed by atoms with van der Waals surface area (Å²) in [5, 5.41) is 9.36. The molecule has 1 aliphatic carbocycles. The fraction of sp³-hybridized carbons (Fsp3) is 0.179. The smallest absolute Gasteiger partial charge is 0.338 e. The van der Waals surface area contributed by atoms with Crippen LogP contribution in [0.2, 0.25) is 5.02 Å². The third-order valence-corrected chi connectivity index (χ3v) is 7.05. The molecule has 8 heteroatoms. The molecule has 4 aromatic rings. The summed E-state index contributed by atoms with van der Waals surface area (Å²) in [5.74, 6) is -2.35. The van der Waals surface area contributed by atoms with E-state index < -0.39 is 22.9 Å². The second-order valence-electron chi connectivity index (χ2n) is 9.02. The van der Waals surface area contributed by atoms with Gasteiger partial charge in [0.2, 0.25) is 0 Å². The van der Waals surface area contributed by atoms with Gasteiger partial charge in [0.25, 0.3) is 5.56 Å². The zero-order valence-electron chi connectivity index (χ0n) is 19.4. The fourth-order valence-corrected chi connectivity index (χ4v) is 5.00. The summed E-state index contributed by atoms with van der Waals surface area (Å²) in [5.41, 5.74) is 2.88. The van der Waals surface area contributed by atoms with Crippen LogP contribution >= 0.6 is 11.6 Å². The molecule has 36 heavy (non-hydrogen) atoms. The summed E-state index contributed by atoms with van der Waals surface area (Å²) in [6.45, 7) is 3.57. The SMILES string of the molecule is Cc1cnc(-c2cccc(C(=O)O)c2F)cc1-n1c(C)cc([C@H]2C[C@@H]2c2ccc(F)cc2)c(Cl)c1=O. The van der Waals surface area contributed by atoms with Crippen LogP contribution in [0, 0.1) is 25.5 Å². The molecule has 2 atom stereocenters. The van der Waals surface area contributed by atoms with Crippen LogP contribution in [0.1, 0.15) is 51.0 Å². The van der Waals surface area contributed by atoms with Gasteiger partial charge in [-0.05, 0) is 85.2 Å². The average Bonchev–Trinajstić information content (AvgIpc) is 3.64. The molecule has 0 unspecified atom stereocenters. The van der Waals surface area contributed by atoms with E-state index >= 15 is 0 Å². The number of halogens is 3. The van der Waals surface area contributed by atoms with Gasteiger partial charge in [0, 0.05) is 17.5 Å². The number of benzene rings is 2. The molecule has 1 aliphatic rings. The topological polar surface area (TPSA) is 72.2 Å². The fourth-order valence-electron chi connectivity index (χ4n) is 4.72. The van der Waals surface area contributed by atoms with Gasteiger partial charge in [0.1, 0.15) is 16.7 Å². The van der Waals surface area contributed by atoms with E-state index in [0.29, 0.717) is 16.9 Å². The zero-order chi connectivity index (χ0) is 25.7. The minimum absolute atomic E-state index is 0.0182. The second-order valence-corrected chi connectivity index (χ2v) is 9.40. The van der Waals surface area contributed by atoms with Crippen LogP contribution in [0.25, 0.3) is 16.9 Å². The summed E-state index contributed by atoms with van der Waals surface area (Å²) in [7, 11) is 0. The molecule has 2 aromatic carbocycles. The van der Waals surface area contributed by atoms with Crippen molar-refractivity contribution in [2.45, 2.75) is 32.1 Å². The van der Waals surface area contributed by atoms with E-state index in [0.717, 1.165) is 17.5 Å². The van der Waals surface area contributed by atoms with Gasteiger partial charge in [-0.15, -0.1) is 0 Å². The van der Waals surface area contributed by atoms with E-state index in [1.165, 1.54) is 41.1 Å². The molecule has 2 aromatic heterocycles. The van der Waals surface area contributed by atoms with E-state index in [-0.39, 0.29) is 33.9 Å². The summed E-state index contributed by atoms with van der Waals surface area (Å²) in [6.07, 6.45) is 2.32. The Hall–Kier alpha value is -3.84. The Morgan fingerprint density at radius 3 is 2.50 bits per heavy atom. The highest BCUT2D eigenvalue weighted by Gasteiger charge is 2.41. The molecule has 1 saturated carbocycles. The van der Waals surface area contributed by atoms with Crippen molar-refractivity contribution in [3.05, 3.63) is 116 Å². The lowest BCUT2D eigenvalue weighted by atomic mass is 10.0. The van der Waals surface area contributed by atoms with Crippen molar-refractivity contribution >= 4 is 17.6 Å². The summed E-state index contributed by atoms with van der Waals surface area (Å²) >= 11 is 6.59. The van der Waals surface area contributed by atoms with Crippen molar-refractivity contribution in [1.29, 1.82) is 0 Å². The molecule has 0 spiro atoms. The average molecular weight is 507 g/mol. The summed E-state index contributed by atoms with van der Waals surface area (Å²) in [4.78, 5) is 29.1. The highest BCUT2D eigenvalue weighted by molar-refractivity contribution is 6.31. The van der Waals surface area contributed by atoms with Crippen molar-refractivity contribution in [2.24, 2.45) is 0 Å². The van der Waals surface area contributed by atoms with Crippen LogP contribution in [-0.2, 0) is 0 Å². The van der Waals surface area contributed by atoms with E-state index in [1.54, 1.807) is 32.0 Å². The molecule has 182 valence electrons. The van der Waals surface area contributed by atoms with Gasteiger partial charge in [-0.1, -0.05) is 29.8 Å². The van der Waals surface area contributed by atoms with E-state index in [2.05, 4.69) is 4.98 Å². The number of aromatic nitrogens is 2. The van der Waals surface area contributed by atoms with Crippen molar-refractivity contribution in [1.82, 2.24) is 9.55 Å². The third kappa shape index (κ3) is 4.09. The van der Waals surface area contributed by atoms with Gasteiger partial charge in [-0.2, -0.15) is 0 Å². The van der Waals surface area contributed by atoms with Crippen molar-refractivity contribution in [3.8, 4) is 16.9 Å². The van der Waals surface area contributed by atoms with E-state index in [9.17, 15) is 23.5 Å². The predicted octanol–water partition coefficient (Wildman–Crippen LogP) is 6.42. The molecular formula is C28H21ClF2N2O3. The Labute approximate surface area is 210 Å². The molecule has 5 nitrogen and oxygen atoms in total. The van der Waals surface area contributed by atoms with Crippen LogP contribution in [0.15, 0.2) is 65.6 Å². The standard InChI is InChI=1S/C28H21ClF2N2O3/c1-14-13-32-23(18-4-3-5-19(26(18)31)28(35)36)12-24(14)33-15(2)10-22(25(29)27(33)34)21-11-20(21)16-6-8-17(30)9-7-16/h3-10,12-13,20-21H,11H2,1-2H3,(H,35,36)/t20-,21+/m1/s1. The second kappa shape index (κ2) is 8.99. The molecule has 5 rings (SSSR count). The van der Waals surface area contributed by atoms with Crippen LogP contribution in [0.3, 0.4) is 0 Å². The number of pyridine rings is 2. The maximum Gasteiger partial charge on any atom is 0.338 e. The lowest BCUT2D eigenvalue weighted by Crippen LogP contribution is -2.23. The van der Waals surface area contributed by atoms with Crippen LogP contribution in [0.5, 0.6) is 0 Å². The quantitative estimate of drug-likeness (QED) is 0.339. The van der Waals surface area contributed by atoms with Crippen LogP contribution in [-0.4, -0.2) is 20.6 Å². The molecule has 1 fully saturated rings. The maximum atomic E-state index is 14.9. The first-order chi connectivity index (χ1) is 17.2. The third-order valence-electron chi connectivity index (χ3n) is 6.67. The van der Waals surface area contributed by atoms with Gasteiger partial charge in [-0.3, -0.25) is 14.3 Å². The number of carbonyl (C=O) groups is 1. The number of nitrogens with zero attached hydrogens (tertiary/aromatic N) is 2. The molecule has 0 saturated heterocycles. The van der Waals surface area contributed by atoms with Gasteiger partial charge < -0.3 is 5.11 Å². The Bertz CT molecular complexity index is 1580. The Balaban J connectivity index is 1.56. The molecule has 0 amide bonds. The number of aromatic carboxylic acids is 1. The predicted molar refractivity (Wildman–Crippen MR) is 133 cm³/mol. The van der Waals surface area contributed by atoms with Gasteiger partial charge in [0.15, 0.2) is 0 Å². The minimum atomic E-state index is -1.38. The number of hydrogen-bond acceptors (Lipinski definition) is 3. The first kappa shape index (κ1) is 23.9. The Morgan fingerprint density at radius 1 is 1.08 bits per heavy atom. The van der Waals surface area contributed by atoms with Crippen LogP contribution < -0.4 is 5.56 Å². The lowest BCUT2D eigenvalue weighted by molar-refractivity contribution is 0.0692. The lowest BCUT2D eigenvalue weighted by Gasteiger charge is -2.17. The Morgan fingerprint density at radius 2 is 1.81 bits per heavy atom. The monoisotopic (exact) mass is 506 g/mol. The highest BCUT2D eigenvalue weighted by atomic mass is 35.5. The number of hydrogen-bond donors (Lipinski definition) is 1. The Kier molecular flexibility index (Phi) is 5.96. The summed E-state index contributed by atoms with van der Waals surface area (Å²) in [6, 6.07) is 13.9. The van der Waals surface area contributed by atoms with Gasteiger partial charge in [0.05, 0.1) is 16.9 Å². The summed E-state index contributed by atoms with van der Waals surface area (Å²) < 4.78 is 29.6. The van der Waals surface area contributed by atoms with Crippen molar-refractivity contribution in [2.75, 3.05) is 0 Å². The molecule has 0 bridgehead atoms. The van der Waals surface area contributed by atoms with E-state index in [4.69, 9.17) is 11.6 Å². The number of carboxylic acids is 1. The van der Waals surface area contributed by atoms with Gasteiger partial charge >= 0.3 is 5.97 Å². The molecule has 0 aliphatic heterocycles. The van der Waals surface area contributed by atoms with Crippen molar-refractivity contribution < 1.29 is 18.7 Å². The molecule has 2 heterocycles. The molecule has 1 N–H and O–H groups in total. The van der Waals surface area contributed by atoms with Crippen molar-refractivity contribution in [3.63, 3.8) is 0 Å². The highest BCUT2D eigenvalue weighted by Crippen LogP contribution is 2.55. The number of rotatable bonds is 5. The number of aryl methyl sites for hydroxylation is 2. The first-order valence-corrected chi connectivity index (χ1v) is 11.7. The van der Waals surface area contributed by atoms with Gasteiger partial charge in [-0.25, -0.2) is 13.6 Å². The zero-order valence-corrected chi connectivity index (χ0v) is 20.2. The van der Waals surface area contributed by atoms with E-state index in [1.807, 2.05) is 6.07 Å². The molecule has 0 radical (unpaired) electrons. The minimum Gasteiger partial charge on any atom is -0.478 e. The normalized spacial score (nSPS) is 16.7. The van der Waals surface area contributed by atoms with Crippen LogP contribution in [0.4, 0.5) is 8.78 Å². The largest absolute Gasteiger partial charge is 0.478 e.